The van der Waals surface area contributed by atoms with E-state index >= 15 is 0 Å². The lowest BCUT2D eigenvalue weighted by Gasteiger charge is -2.05. The Morgan fingerprint density at radius 3 is 2.70 bits per heavy atom. The molecule has 0 aliphatic carbocycles. The van der Waals surface area contributed by atoms with Crippen LogP contribution < -0.4 is 5.43 Å². The first-order valence-corrected chi connectivity index (χ1v) is 6.19. The summed E-state index contributed by atoms with van der Waals surface area (Å²) < 4.78 is 0. The van der Waals surface area contributed by atoms with Crippen molar-refractivity contribution in [2.24, 2.45) is 5.10 Å². The van der Waals surface area contributed by atoms with Crippen LogP contribution >= 0.6 is 11.6 Å². The number of halogens is 1. The Bertz CT molecular complexity index is 657. The van der Waals surface area contributed by atoms with Crippen LogP contribution in [0.1, 0.15) is 22.8 Å². The van der Waals surface area contributed by atoms with Gasteiger partial charge in [-0.3, -0.25) is 9.78 Å². The van der Waals surface area contributed by atoms with Crippen molar-refractivity contribution in [2.45, 2.75) is 6.92 Å². The van der Waals surface area contributed by atoms with Gasteiger partial charge in [-0.05, 0) is 37.3 Å². The zero-order chi connectivity index (χ0) is 14.5. The van der Waals surface area contributed by atoms with E-state index < -0.39 is 0 Å². The van der Waals surface area contributed by atoms with Gasteiger partial charge in [0.05, 0.1) is 5.71 Å². The molecule has 0 radical (unpaired) electrons. The quantitative estimate of drug-likeness (QED) is 0.674. The number of carbonyl (C=O) groups is 1. The molecule has 1 amide bonds. The van der Waals surface area contributed by atoms with Gasteiger partial charge in [-0.25, -0.2) is 5.43 Å². The average molecular weight is 290 g/mol. The molecule has 0 fully saturated rings. The largest absolute Gasteiger partial charge is 0.507 e. The number of hydrazone groups is 1. The van der Waals surface area contributed by atoms with Crippen LogP contribution in [0.15, 0.2) is 47.8 Å². The molecule has 2 N–H and O–H groups in total. The third kappa shape index (κ3) is 3.33. The van der Waals surface area contributed by atoms with Gasteiger partial charge in [-0.2, -0.15) is 5.10 Å². The van der Waals surface area contributed by atoms with Crippen LogP contribution in [0, 0.1) is 0 Å². The van der Waals surface area contributed by atoms with Crippen LogP contribution in [-0.2, 0) is 0 Å². The monoisotopic (exact) mass is 289 g/mol. The predicted octanol–water partition coefficient (Wildman–Crippen LogP) is 2.59. The number of phenolic OH excluding ortho intramolecular Hbond substituents is 1. The third-order valence-electron chi connectivity index (χ3n) is 2.62. The smallest absolute Gasteiger partial charge is 0.271 e. The molecule has 1 aromatic carbocycles. The molecule has 6 heteroatoms. The number of carbonyl (C=O) groups excluding carboxylic acids is 1. The number of hydrogen-bond acceptors (Lipinski definition) is 4. The summed E-state index contributed by atoms with van der Waals surface area (Å²) in [5.41, 5.74) is 3.78. The summed E-state index contributed by atoms with van der Waals surface area (Å²) in [6.45, 7) is 1.66. The molecule has 5 nitrogen and oxygen atoms in total. The first kappa shape index (κ1) is 14.0. The van der Waals surface area contributed by atoms with E-state index in [9.17, 15) is 9.90 Å². The molecule has 0 atom stereocenters. The molecule has 0 spiro atoms. The normalized spacial score (nSPS) is 11.2. The van der Waals surface area contributed by atoms with Gasteiger partial charge in [-0.1, -0.05) is 11.6 Å². The lowest BCUT2D eigenvalue weighted by molar-refractivity contribution is 0.0954. The van der Waals surface area contributed by atoms with E-state index in [1.165, 1.54) is 18.5 Å². The van der Waals surface area contributed by atoms with E-state index in [2.05, 4.69) is 15.5 Å². The number of nitrogens with zero attached hydrogens (tertiary/aromatic N) is 2. The van der Waals surface area contributed by atoms with Gasteiger partial charge in [0.15, 0.2) is 0 Å². The molecule has 1 aromatic heterocycles. The molecular formula is C14H12ClN3O2. The highest BCUT2D eigenvalue weighted by Gasteiger charge is 2.07. The van der Waals surface area contributed by atoms with Crippen molar-refractivity contribution >= 4 is 23.2 Å². The number of hydrogen-bond donors (Lipinski definition) is 2. The van der Waals surface area contributed by atoms with Crippen LogP contribution in [0.25, 0.3) is 0 Å². The maximum Gasteiger partial charge on any atom is 0.271 e. The van der Waals surface area contributed by atoms with Crippen molar-refractivity contribution in [3.05, 3.63) is 58.9 Å². The summed E-state index contributed by atoms with van der Waals surface area (Å²) in [5, 5.41) is 14.2. The molecule has 0 aliphatic rings. The molecule has 0 bridgehead atoms. The highest BCUT2D eigenvalue weighted by atomic mass is 35.5. The van der Waals surface area contributed by atoms with Crippen molar-refractivity contribution in [2.75, 3.05) is 0 Å². The standard InChI is InChI=1S/C14H12ClN3O2/c1-9(12-8-11(15)2-3-13(12)19)17-18-14(20)10-4-6-16-7-5-10/h2-8,19H,1H3,(H,18,20)/b17-9+. The van der Waals surface area contributed by atoms with Gasteiger partial charge in [0, 0.05) is 28.5 Å². The zero-order valence-electron chi connectivity index (χ0n) is 10.7. The van der Waals surface area contributed by atoms with Crippen LogP contribution in [0.5, 0.6) is 5.75 Å². The summed E-state index contributed by atoms with van der Waals surface area (Å²) in [6, 6.07) is 7.78. The zero-order valence-corrected chi connectivity index (χ0v) is 11.4. The summed E-state index contributed by atoms with van der Waals surface area (Å²) in [7, 11) is 0. The Hall–Kier alpha value is -2.40. The van der Waals surface area contributed by atoms with Crippen LogP contribution in [-0.4, -0.2) is 21.7 Å². The highest BCUT2D eigenvalue weighted by molar-refractivity contribution is 6.31. The molecule has 102 valence electrons. The fraction of sp³-hybridized carbons (Fsp3) is 0.0714. The van der Waals surface area contributed by atoms with E-state index in [1.807, 2.05) is 0 Å². The van der Waals surface area contributed by atoms with E-state index in [0.29, 0.717) is 21.9 Å². The maximum absolute atomic E-state index is 11.8. The number of benzene rings is 1. The van der Waals surface area contributed by atoms with Crippen LogP contribution in [0.4, 0.5) is 0 Å². The van der Waals surface area contributed by atoms with Crippen molar-refractivity contribution in [1.29, 1.82) is 0 Å². The maximum atomic E-state index is 11.8. The molecular weight excluding hydrogens is 278 g/mol. The number of aromatic nitrogens is 1. The van der Waals surface area contributed by atoms with Crippen molar-refractivity contribution in [3.63, 3.8) is 0 Å². The van der Waals surface area contributed by atoms with Crippen molar-refractivity contribution in [3.8, 4) is 5.75 Å². The molecule has 1 heterocycles. The lowest BCUT2D eigenvalue weighted by atomic mass is 10.1. The Morgan fingerprint density at radius 2 is 2.00 bits per heavy atom. The molecule has 0 aliphatic heterocycles. The van der Waals surface area contributed by atoms with E-state index in [-0.39, 0.29) is 11.7 Å². The van der Waals surface area contributed by atoms with Crippen LogP contribution in [0.3, 0.4) is 0 Å². The Labute approximate surface area is 120 Å². The van der Waals surface area contributed by atoms with Crippen molar-refractivity contribution in [1.82, 2.24) is 10.4 Å². The fourth-order valence-corrected chi connectivity index (χ4v) is 1.73. The number of phenols is 1. The average Bonchev–Trinajstić information content (AvgIpc) is 2.47. The fourth-order valence-electron chi connectivity index (χ4n) is 1.56. The van der Waals surface area contributed by atoms with Crippen LogP contribution in [0.2, 0.25) is 5.02 Å². The first-order chi connectivity index (χ1) is 9.58. The van der Waals surface area contributed by atoms with Crippen molar-refractivity contribution < 1.29 is 9.90 Å². The second kappa shape index (κ2) is 6.16. The number of pyridine rings is 1. The lowest BCUT2D eigenvalue weighted by Crippen LogP contribution is -2.19. The number of nitrogens with one attached hydrogen (secondary N) is 1. The topological polar surface area (TPSA) is 74.6 Å². The minimum atomic E-state index is -0.353. The predicted molar refractivity (Wildman–Crippen MR) is 77.0 cm³/mol. The minimum Gasteiger partial charge on any atom is -0.507 e. The van der Waals surface area contributed by atoms with Gasteiger partial charge >= 0.3 is 0 Å². The van der Waals surface area contributed by atoms with E-state index in [4.69, 9.17) is 11.6 Å². The third-order valence-corrected chi connectivity index (χ3v) is 2.85. The molecule has 0 saturated carbocycles. The van der Waals surface area contributed by atoms with Gasteiger partial charge < -0.3 is 5.11 Å². The van der Waals surface area contributed by atoms with Gasteiger partial charge in [0.2, 0.25) is 0 Å². The van der Waals surface area contributed by atoms with E-state index in [1.54, 1.807) is 31.2 Å². The number of amides is 1. The van der Waals surface area contributed by atoms with Gasteiger partial charge in [0.25, 0.3) is 5.91 Å². The Balaban J connectivity index is 2.15. The van der Waals surface area contributed by atoms with Gasteiger partial charge in [-0.15, -0.1) is 0 Å². The molecule has 0 saturated heterocycles. The Kier molecular flexibility index (Phi) is 4.32. The second-order valence-electron chi connectivity index (χ2n) is 4.04. The van der Waals surface area contributed by atoms with Gasteiger partial charge in [0.1, 0.15) is 5.75 Å². The molecule has 20 heavy (non-hydrogen) atoms. The SMILES string of the molecule is C/C(=N\NC(=O)c1ccncc1)c1cc(Cl)ccc1O. The highest BCUT2D eigenvalue weighted by Crippen LogP contribution is 2.21. The molecule has 2 aromatic rings. The molecule has 2 rings (SSSR count). The Morgan fingerprint density at radius 1 is 1.30 bits per heavy atom. The minimum absolute atomic E-state index is 0.0498. The summed E-state index contributed by atoms with van der Waals surface area (Å²) >= 11 is 5.86. The summed E-state index contributed by atoms with van der Waals surface area (Å²) in [4.78, 5) is 15.6. The number of rotatable bonds is 3. The second-order valence-corrected chi connectivity index (χ2v) is 4.47. The van der Waals surface area contributed by atoms with E-state index in [0.717, 1.165) is 0 Å². The molecule has 0 unspecified atom stereocenters. The number of aromatic hydroxyl groups is 1. The first-order valence-electron chi connectivity index (χ1n) is 5.81. The summed E-state index contributed by atoms with van der Waals surface area (Å²) in [5.74, 6) is -0.304. The summed E-state index contributed by atoms with van der Waals surface area (Å²) in [6.07, 6.45) is 3.04.